The molecule has 5 nitrogen and oxygen atoms in total. The maximum atomic E-state index is 11.3. The standard InChI is InChI=1S/C13H16N2O3/c1-2-7-14-13(18)15-9-11-6-4-3-5-10(11)8-12(16)17/h2-6H,1,7-9H2,(H,16,17)(H2,14,15,18). The fourth-order valence-electron chi connectivity index (χ4n) is 1.47. The molecule has 0 aromatic heterocycles. The summed E-state index contributed by atoms with van der Waals surface area (Å²) in [5, 5.41) is 14.0. The van der Waals surface area contributed by atoms with E-state index in [-0.39, 0.29) is 12.5 Å². The molecule has 18 heavy (non-hydrogen) atoms. The van der Waals surface area contributed by atoms with Crippen molar-refractivity contribution in [3.63, 3.8) is 0 Å². The van der Waals surface area contributed by atoms with E-state index in [2.05, 4.69) is 17.2 Å². The maximum Gasteiger partial charge on any atom is 0.315 e. The molecule has 3 N–H and O–H groups in total. The van der Waals surface area contributed by atoms with Crippen LogP contribution in [0.3, 0.4) is 0 Å². The van der Waals surface area contributed by atoms with Crippen LogP contribution in [0.25, 0.3) is 0 Å². The van der Waals surface area contributed by atoms with Gasteiger partial charge in [-0.2, -0.15) is 0 Å². The quantitative estimate of drug-likeness (QED) is 0.664. The van der Waals surface area contributed by atoms with Crippen molar-refractivity contribution < 1.29 is 14.7 Å². The van der Waals surface area contributed by atoms with Gasteiger partial charge < -0.3 is 15.7 Å². The highest BCUT2D eigenvalue weighted by molar-refractivity contribution is 5.74. The Morgan fingerprint density at radius 1 is 1.22 bits per heavy atom. The summed E-state index contributed by atoms with van der Waals surface area (Å²) in [6.45, 7) is 4.18. The van der Waals surface area contributed by atoms with Gasteiger partial charge in [0.1, 0.15) is 0 Å². The van der Waals surface area contributed by atoms with Gasteiger partial charge in [-0.05, 0) is 11.1 Å². The fourth-order valence-corrected chi connectivity index (χ4v) is 1.47. The second-order valence-corrected chi connectivity index (χ2v) is 3.69. The number of nitrogens with one attached hydrogen (secondary N) is 2. The third-order valence-electron chi connectivity index (χ3n) is 2.31. The van der Waals surface area contributed by atoms with Gasteiger partial charge in [0.05, 0.1) is 6.42 Å². The Morgan fingerprint density at radius 3 is 2.50 bits per heavy atom. The molecule has 2 amide bonds. The third kappa shape index (κ3) is 4.69. The number of carbonyl (C=O) groups is 2. The summed E-state index contributed by atoms with van der Waals surface area (Å²) in [4.78, 5) is 22.0. The zero-order valence-electron chi connectivity index (χ0n) is 9.98. The van der Waals surface area contributed by atoms with Crippen LogP contribution in [0.2, 0.25) is 0 Å². The summed E-state index contributed by atoms with van der Waals surface area (Å²) in [5.41, 5.74) is 1.50. The number of hydrogen-bond donors (Lipinski definition) is 3. The van der Waals surface area contributed by atoms with Crippen LogP contribution in [0, 0.1) is 0 Å². The second kappa shape index (κ2) is 7.11. The first-order valence-electron chi connectivity index (χ1n) is 5.54. The normalized spacial score (nSPS) is 9.56. The molecule has 0 aliphatic carbocycles. The number of carboxylic acid groups (broad SMARTS) is 1. The summed E-state index contributed by atoms with van der Waals surface area (Å²) in [5.74, 6) is -0.890. The number of carboxylic acids is 1. The van der Waals surface area contributed by atoms with Crippen LogP contribution < -0.4 is 10.6 Å². The second-order valence-electron chi connectivity index (χ2n) is 3.69. The Balaban J connectivity index is 2.58. The monoisotopic (exact) mass is 248 g/mol. The van der Waals surface area contributed by atoms with Crippen molar-refractivity contribution in [1.82, 2.24) is 10.6 Å². The molecule has 0 bridgehead atoms. The first kappa shape index (κ1) is 13.8. The van der Waals surface area contributed by atoms with E-state index in [9.17, 15) is 9.59 Å². The lowest BCUT2D eigenvalue weighted by Crippen LogP contribution is -2.35. The van der Waals surface area contributed by atoms with Gasteiger partial charge in [-0.3, -0.25) is 4.79 Å². The Bertz CT molecular complexity index is 444. The summed E-state index contributed by atoms with van der Waals surface area (Å²) in [6.07, 6.45) is 1.53. The van der Waals surface area contributed by atoms with Crippen molar-refractivity contribution in [2.24, 2.45) is 0 Å². The topological polar surface area (TPSA) is 78.4 Å². The van der Waals surface area contributed by atoms with Crippen LogP contribution in [0.5, 0.6) is 0 Å². The molecule has 0 aliphatic rings. The molecule has 1 rings (SSSR count). The van der Waals surface area contributed by atoms with E-state index in [1.807, 2.05) is 6.07 Å². The lowest BCUT2D eigenvalue weighted by Gasteiger charge is -2.09. The highest BCUT2D eigenvalue weighted by Gasteiger charge is 2.07. The minimum atomic E-state index is -0.890. The van der Waals surface area contributed by atoms with Gasteiger partial charge in [0.2, 0.25) is 0 Å². The van der Waals surface area contributed by atoms with Gasteiger partial charge in [0.15, 0.2) is 0 Å². The molecule has 0 radical (unpaired) electrons. The molecule has 0 aliphatic heterocycles. The highest BCUT2D eigenvalue weighted by Crippen LogP contribution is 2.09. The summed E-state index contributed by atoms with van der Waals surface area (Å²) >= 11 is 0. The van der Waals surface area contributed by atoms with Crippen molar-refractivity contribution in [3.05, 3.63) is 48.0 Å². The zero-order chi connectivity index (χ0) is 13.4. The van der Waals surface area contributed by atoms with Gasteiger partial charge in [-0.1, -0.05) is 30.3 Å². The lowest BCUT2D eigenvalue weighted by atomic mass is 10.0. The number of benzene rings is 1. The lowest BCUT2D eigenvalue weighted by molar-refractivity contribution is -0.136. The van der Waals surface area contributed by atoms with Gasteiger partial charge in [-0.25, -0.2) is 4.79 Å². The molecule has 0 atom stereocenters. The van der Waals surface area contributed by atoms with Crippen molar-refractivity contribution in [1.29, 1.82) is 0 Å². The summed E-state index contributed by atoms with van der Waals surface area (Å²) < 4.78 is 0. The number of amides is 2. The number of hydrogen-bond acceptors (Lipinski definition) is 2. The number of urea groups is 1. The average molecular weight is 248 g/mol. The van der Waals surface area contributed by atoms with Crippen molar-refractivity contribution >= 4 is 12.0 Å². The smallest absolute Gasteiger partial charge is 0.315 e. The van der Waals surface area contributed by atoms with E-state index < -0.39 is 5.97 Å². The first-order chi connectivity index (χ1) is 8.63. The van der Waals surface area contributed by atoms with Gasteiger partial charge in [0, 0.05) is 13.1 Å². The molecule has 1 aromatic carbocycles. The van der Waals surface area contributed by atoms with E-state index in [1.54, 1.807) is 24.3 Å². The molecule has 0 spiro atoms. The van der Waals surface area contributed by atoms with Crippen molar-refractivity contribution in [3.8, 4) is 0 Å². The zero-order valence-corrected chi connectivity index (χ0v) is 9.98. The number of aliphatic carboxylic acids is 1. The Morgan fingerprint density at radius 2 is 1.89 bits per heavy atom. The first-order valence-corrected chi connectivity index (χ1v) is 5.54. The van der Waals surface area contributed by atoms with E-state index in [4.69, 9.17) is 5.11 Å². The largest absolute Gasteiger partial charge is 0.481 e. The van der Waals surface area contributed by atoms with Crippen LogP contribution in [0.1, 0.15) is 11.1 Å². The van der Waals surface area contributed by atoms with Crippen LogP contribution in [-0.4, -0.2) is 23.7 Å². The molecular weight excluding hydrogens is 232 g/mol. The Labute approximate surface area is 106 Å². The van der Waals surface area contributed by atoms with E-state index in [0.29, 0.717) is 18.7 Å². The van der Waals surface area contributed by atoms with Crippen LogP contribution >= 0.6 is 0 Å². The van der Waals surface area contributed by atoms with Gasteiger partial charge >= 0.3 is 12.0 Å². The average Bonchev–Trinajstić information content (AvgIpc) is 2.34. The van der Waals surface area contributed by atoms with E-state index in [0.717, 1.165) is 5.56 Å². The van der Waals surface area contributed by atoms with Crippen LogP contribution in [-0.2, 0) is 17.8 Å². The third-order valence-corrected chi connectivity index (χ3v) is 2.31. The molecule has 96 valence electrons. The Kier molecular flexibility index (Phi) is 5.44. The molecule has 0 fully saturated rings. The minimum absolute atomic E-state index is 0.0495. The summed E-state index contributed by atoms with van der Waals surface area (Å²) in [6, 6.07) is 6.82. The maximum absolute atomic E-state index is 11.3. The molecular formula is C13H16N2O3. The number of carbonyl (C=O) groups excluding carboxylic acids is 1. The molecule has 5 heteroatoms. The number of rotatable bonds is 6. The molecule has 0 heterocycles. The van der Waals surface area contributed by atoms with Gasteiger partial charge in [-0.15, -0.1) is 6.58 Å². The van der Waals surface area contributed by atoms with Gasteiger partial charge in [0.25, 0.3) is 0 Å². The predicted molar refractivity (Wildman–Crippen MR) is 68.2 cm³/mol. The highest BCUT2D eigenvalue weighted by atomic mass is 16.4. The fraction of sp³-hybridized carbons (Fsp3) is 0.231. The molecule has 1 aromatic rings. The summed E-state index contributed by atoms with van der Waals surface area (Å²) in [7, 11) is 0. The predicted octanol–water partition coefficient (Wildman–Crippen LogP) is 1.30. The molecule has 0 unspecified atom stereocenters. The van der Waals surface area contributed by atoms with Crippen LogP contribution in [0.4, 0.5) is 4.79 Å². The van der Waals surface area contributed by atoms with E-state index >= 15 is 0 Å². The Hall–Kier alpha value is -2.30. The van der Waals surface area contributed by atoms with E-state index in [1.165, 1.54) is 0 Å². The minimum Gasteiger partial charge on any atom is -0.481 e. The SMILES string of the molecule is C=CCNC(=O)NCc1ccccc1CC(=O)O. The molecule has 0 saturated carbocycles. The van der Waals surface area contributed by atoms with Crippen molar-refractivity contribution in [2.45, 2.75) is 13.0 Å². The molecule has 0 saturated heterocycles. The van der Waals surface area contributed by atoms with Crippen molar-refractivity contribution in [2.75, 3.05) is 6.54 Å². The van der Waals surface area contributed by atoms with Crippen LogP contribution in [0.15, 0.2) is 36.9 Å².